The van der Waals surface area contributed by atoms with E-state index < -0.39 is 0 Å². The van der Waals surface area contributed by atoms with Crippen molar-refractivity contribution in [1.82, 2.24) is 9.97 Å². The fourth-order valence-electron chi connectivity index (χ4n) is 2.52. The van der Waals surface area contributed by atoms with E-state index >= 15 is 0 Å². The van der Waals surface area contributed by atoms with Crippen LogP contribution in [0.3, 0.4) is 0 Å². The number of rotatable bonds is 4. The number of aryl methyl sites for hydroxylation is 2. The van der Waals surface area contributed by atoms with Crippen LogP contribution in [-0.2, 0) is 6.42 Å². The Morgan fingerprint density at radius 1 is 1.08 bits per heavy atom. The summed E-state index contributed by atoms with van der Waals surface area (Å²) in [6.45, 7) is 3.97. The number of urea groups is 1. The summed E-state index contributed by atoms with van der Waals surface area (Å²) in [5.74, 6) is 1.24. The first kappa shape index (κ1) is 16.6. The van der Waals surface area contributed by atoms with Gasteiger partial charge in [0, 0.05) is 18.3 Å². The third-order valence-electron chi connectivity index (χ3n) is 3.72. The lowest BCUT2D eigenvalue weighted by molar-refractivity contribution is 0.259. The van der Waals surface area contributed by atoms with Gasteiger partial charge in [-0.1, -0.05) is 37.3 Å². The summed E-state index contributed by atoms with van der Waals surface area (Å²) in [6.07, 6.45) is 2.38. The Balaban J connectivity index is 1.97. The number of anilines is 3. The van der Waals surface area contributed by atoms with E-state index in [0.29, 0.717) is 18.1 Å². The molecule has 1 heterocycles. The lowest BCUT2D eigenvalue weighted by atomic mass is 10.2. The summed E-state index contributed by atoms with van der Waals surface area (Å²) >= 11 is 0. The molecule has 5 heteroatoms. The van der Waals surface area contributed by atoms with Crippen molar-refractivity contribution >= 4 is 23.2 Å². The number of para-hydroxylation sites is 1. The Bertz CT molecular complexity index is 864. The summed E-state index contributed by atoms with van der Waals surface area (Å²) in [5.41, 5.74) is 2.57. The van der Waals surface area contributed by atoms with E-state index in [4.69, 9.17) is 0 Å². The van der Waals surface area contributed by atoms with Gasteiger partial charge in [0.1, 0.15) is 11.6 Å². The van der Waals surface area contributed by atoms with Crippen LogP contribution in [0.1, 0.15) is 18.3 Å². The maximum atomic E-state index is 13.0. The van der Waals surface area contributed by atoms with E-state index in [1.54, 1.807) is 17.2 Å². The Morgan fingerprint density at radius 2 is 1.88 bits per heavy atom. The molecule has 1 N–H and O–H groups in total. The Hall–Kier alpha value is -3.21. The van der Waals surface area contributed by atoms with Gasteiger partial charge in [-0.25, -0.2) is 19.7 Å². The van der Waals surface area contributed by atoms with Gasteiger partial charge in [0.25, 0.3) is 0 Å². The van der Waals surface area contributed by atoms with Crippen molar-refractivity contribution in [3.8, 4) is 0 Å². The topological polar surface area (TPSA) is 58.1 Å². The molecule has 0 atom stereocenters. The standard InChI is InChI=1S/C20H20N4O/c1-3-18-21-13-12-19(23-18)24(17-10-5-4-6-11-17)20(25)22-16-9-7-8-15(2)14-16/h4-14H,3H2,1-2H3,(H,22,25). The number of nitrogens with one attached hydrogen (secondary N) is 1. The predicted octanol–water partition coefficient (Wildman–Crippen LogP) is 4.72. The quantitative estimate of drug-likeness (QED) is 0.752. The SMILES string of the molecule is CCc1nccc(N(C(=O)Nc2cccc(C)c2)c2ccccc2)n1. The maximum absolute atomic E-state index is 13.0. The van der Waals surface area contributed by atoms with Crippen LogP contribution in [0.15, 0.2) is 66.9 Å². The Kier molecular flexibility index (Phi) is 5.04. The predicted molar refractivity (Wildman–Crippen MR) is 100 cm³/mol. The Labute approximate surface area is 147 Å². The average molecular weight is 332 g/mol. The third kappa shape index (κ3) is 4.01. The smallest absolute Gasteiger partial charge is 0.307 e. The van der Waals surface area contributed by atoms with Crippen molar-refractivity contribution in [3.05, 3.63) is 78.2 Å². The van der Waals surface area contributed by atoms with Crippen molar-refractivity contribution in [1.29, 1.82) is 0 Å². The van der Waals surface area contributed by atoms with Crippen molar-refractivity contribution in [2.24, 2.45) is 0 Å². The first-order valence-electron chi connectivity index (χ1n) is 8.22. The molecule has 0 radical (unpaired) electrons. The molecule has 0 unspecified atom stereocenters. The largest absolute Gasteiger partial charge is 0.332 e. The molecule has 2 amide bonds. The molecule has 126 valence electrons. The van der Waals surface area contributed by atoms with Crippen molar-refractivity contribution in [3.63, 3.8) is 0 Å². The van der Waals surface area contributed by atoms with Crippen LogP contribution in [0.5, 0.6) is 0 Å². The van der Waals surface area contributed by atoms with Crippen LogP contribution in [0.2, 0.25) is 0 Å². The highest BCUT2D eigenvalue weighted by Gasteiger charge is 2.20. The van der Waals surface area contributed by atoms with Gasteiger partial charge in [0.15, 0.2) is 0 Å². The molecule has 0 bridgehead atoms. The van der Waals surface area contributed by atoms with E-state index in [-0.39, 0.29) is 6.03 Å². The Morgan fingerprint density at radius 3 is 2.60 bits per heavy atom. The zero-order valence-corrected chi connectivity index (χ0v) is 14.3. The molecule has 2 aromatic carbocycles. The third-order valence-corrected chi connectivity index (χ3v) is 3.72. The lowest BCUT2D eigenvalue weighted by Crippen LogP contribution is -2.31. The molecule has 0 saturated carbocycles. The normalized spacial score (nSPS) is 10.3. The number of hydrogen-bond donors (Lipinski definition) is 1. The van der Waals surface area contributed by atoms with Crippen LogP contribution in [0.25, 0.3) is 0 Å². The van der Waals surface area contributed by atoms with Gasteiger partial charge in [-0.15, -0.1) is 0 Å². The van der Waals surface area contributed by atoms with Gasteiger partial charge in [0.05, 0.1) is 5.69 Å². The number of benzene rings is 2. The minimum Gasteiger partial charge on any atom is -0.307 e. The van der Waals surface area contributed by atoms with Gasteiger partial charge >= 0.3 is 6.03 Å². The molecule has 0 aliphatic carbocycles. The molecular formula is C20H20N4O. The number of carbonyl (C=O) groups is 1. The highest BCUT2D eigenvalue weighted by Crippen LogP contribution is 2.24. The molecule has 0 aliphatic rings. The van der Waals surface area contributed by atoms with E-state index in [1.165, 1.54) is 0 Å². The zero-order valence-electron chi connectivity index (χ0n) is 14.3. The van der Waals surface area contributed by atoms with Crippen LogP contribution < -0.4 is 10.2 Å². The maximum Gasteiger partial charge on any atom is 0.332 e. The van der Waals surface area contributed by atoms with Gasteiger partial charge < -0.3 is 5.32 Å². The second kappa shape index (κ2) is 7.57. The molecule has 3 rings (SSSR count). The number of amides is 2. The van der Waals surface area contributed by atoms with E-state index in [0.717, 1.165) is 16.9 Å². The lowest BCUT2D eigenvalue weighted by Gasteiger charge is -2.22. The van der Waals surface area contributed by atoms with Crippen molar-refractivity contribution < 1.29 is 4.79 Å². The number of hydrogen-bond acceptors (Lipinski definition) is 3. The first-order chi connectivity index (χ1) is 12.2. The van der Waals surface area contributed by atoms with E-state index in [9.17, 15) is 4.79 Å². The molecule has 0 spiro atoms. The van der Waals surface area contributed by atoms with Crippen LogP contribution in [0, 0.1) is 6.92 Å². The second-order valence-electron chi connectivity index (χ2n) is 5.66. The van der Waals surface area contributed by atoms with Crippen molar-refractivity contribution in [2.45, 2.75) is 20.3 Å². The summed E-state index contributed by atoms with van der Waals surface area (Å²) in [4.78, 5) is 23.3. The molecular weight excluding hydrogens is 312 g/mol. The van der Waals surface area contributed by atoms with Crippen LogP contribution in [-0.4, -0.2) is 16.0 Å². The summed E-state index contributed by atoms with van der Waals surface area (Å²) in [6, 6.07) is 18.6. The molecule has 25 heavy (non-hydrogen) atoms. The molecule has 5 nitrogen and oxygen atoms in total. The van der Waals surface area contributed by atoms with Crippen LogP contribution >= 0.6 is 0 Å². The highest BCUT2D eigenvalue weighted by molar-refractivity contribution is 6.06. The minimum absolute atomic E-state index is 0.266. The summed E-state index contributed by atoms with van der Waals surface area (Å²) in [5, 5.41) is 2.94. The second-order valence-corrected chi connectivity index (χ2v) is 5.66. The molecule has 0 fully saturated rings. The van der Waals surface area contributed by atoms with E-state index in [2.05, 4.69) is 15.3 Å². The average Bonchev–Trinajstić information content (AvgIpc) is 2.63. The van der Waals surface area contributed by atoms with E-state index in [1.807, 2.05) is 68.4 Å². The van der Waals surface area contributed by atoms with Crippen molar-refractivity contribution in [2.75, 3.05) is 10.2 Å². The monoisotopic (exact) mass is 332 g/mol. The fraction of sp³-hybridized carbons (Fsp3) is 0.150. The van der Waals surface area contributed by atoms with Gasteiger partial charge in [0.2, 0.25) is 0 Å². The van der Waals surface area contributed by atoms with Gasteiger partial charge in [-0.05, 0) is 42.8 Å². The number of nitrogens with zero attached hydrogens (tertiary/aromatic N) is 3. The van der Waals surface area contributed by atoms with Crippen LogP contribution in [0.4, 0.5) is 22.0 Å². The molecule has 3 aromatic rings. The fourth-order valence-corrected chi connectivity index (χ4v) is 2.52. The zero-order chi connectivity index (χ0) is 17.6. The molecule has 0 aliphatic heterocycles. The van der Waals surface area contributed by atoms with Gasteiger partial charge in [-0.3, -0.25) is 0 Å². The number of carbonyl (C=O) groups excluding carboxylic acids is 1. The highest BCUT2D eigenvalue weighted by atomic mass is 16.2. The first-order valence-corrected chi connectivity index (χ1v) is 8.22. The summed E-state index contributed by atoms with van der Waals surface area (Å²) < 4.78 is 0. The number of aromatic nitrogens is 2. The minimum atomic E-state index is -0.266. The molecule has 1 aromatic heterocycles. The van der Waals surface area contributed by atoms with Gasteiger partial charge in [-0.2, -0.15) is 0 Å². The molecule has 0 saturated heterocycles. The summed E-state index contributed by atoms with van der Waals surface area (Å²) in [7, 11) is 0.